The zero-order valence-electron chi connectivity index (χ0n) is 12.8. The number of hydrogen-bond acceptors (Lipinski definition) is 5. The monoisotopic (exact) mass is 301 g/mol. The predicted molar refractivity (Wildman–Crippen MR) is 84.4 cm³/mol. The minimum atomic E-state index is -0.608. The van der Waals surface area contributed by atoms with Crippen LogP contribution in [0.15, 0.2) is 48.5 Å². The number of carbonyl (C=O) groups excluding carboxylic acids is 1. The Balaban J connectivity index is 2.33. The molecule has 0 aliphatic heterocycles. The summed E-state index contributed by atoms with van der Waals surface area (Å²) in [5.74, 6) is 0.907. The molecule has 1 atom stereocenters. The Hall–Kier alpha value is -2.69. The Morgan fingerprint density at radius 2 is 1.55 bits per heavy atom. The molecule has 22 heavy (non-hydrogen) atoms. The van der Waals surface area contributed by atoms with E-state index >= 15 is 0 Å². The third-order valence-corrected chi connectivity index (χ3v) is 3.23. The van der Waals surface area contributed by atoms with Gasteiger partial charge in [0.1, 0.15) is 11.5 Å². The molecule has 0 aliphatic carbocycles. The summed E-state index contributed by atoms with van der Waals surface area (Å²) in [6, 6.07) is 14.1. The fourth-order valence-corrected chi connectivity index (χ4v) is 2.10. The molecule has 5 heteroatoms. The van der Waals surface area contributed by atoms with Gasteiger partial charge in [-0.1, -0.05) is 30.3 Å². The number of carbonyl (C=O) groups is 1. The molecule has 0 aromatic heterocycles. The molecule has 0 saturated heterocycles. The molecule has 1 N–H and O–H groups in total. The Bertz CT molecular complexity index is 606. The van der Waals surface area contributed by atoms with Gasteiger partial charge in [0.05, 0.1) is 21.3 Å². The molecule has 1 unspecified atom stereocenters. The van der Waals surface area contributed by atoms with Crippen molar-refractivity contribution in [3.63, 3.8) is 0 Å². The van der Waals surface area contributed by atoms with Gasteiger partial charge in [0.25, 0.3) is 0 Å². The van der Waals surface area contributed by atoms with Crippen molar-refractivity contribution in [3.8, 4) is 11.5 Å². The van der Waals surface area contributed by atoms with Crippen molar-refractivity contribution in [1.29, 1.82) is 0 Å². The van der Waals surface area contributed by atoms with Gasteiger partial charge in [-0.15, -0.1) is 0 Å². The van der Waals surface area contributed by atoms with Crippen molar-refractivity contribution in [2.75, 3.05) is 26.6 Å². The smallest absolute Gasteiger partial charge is 0.332 e. The Morgan fingerprint density at radius 3 is 2.05 bits per heavy atom. The maximum atomic E-state index is 12.1. The Morgan fingerprint density at radius 1 is 0.955 bits per heavy atom. The van der Waals surface area contributed by atoms with E-state index in [2.05, 4.69) is 5.32 Å². The maximum absolute atomic E-state index is 12.1. The lowest BCUT2D eigenvalue weighted by Gasteiger charge is -2.19. The van der Waals surface area contributed by atoms with Crippen molar-refractivity contribution in [2.45, 2.75) is 6.04 Å². The van der Waals surface area contributed by atoms with Crippen LogP contribution in [0.2, 0.25) is 0 Å². The lowest BCUT2D eigenvalue weighted by molar-refractivity contribution is -0.141. The highest BCUT2D eigenvalue weighted by atomic mass is 16.5. The van der Waals surface area contributed by atoms with Gasteiger partial charge in [0, 0.05) is 23.9 Å². The molecule has 0 bridgehead atoms. The normalized spacial score (nSPS) is 11.4. The summed E-state index contributed by atoms with van der Waals surface area (Å²) >= 11 is 0. The van der Waals surface area contributed by atoms with Gasteiger partial charge < -0.3 is 19.5 Å². The van der Waals surface area contributed by atoms with Crippen LogP contribution in [0.25, 0.3) is 0 Å². The van der Waals surface area contributed by atoms with Crippen LogP contribution in [0.3, 0.4) is 0 Å². The standard InChI is InChI=1S/C17H19NO4/c1-20-14-9-13(10-15(11-14)21-2)18-16(17(19)22-3)12-7-5-4-6-8-12/h4-11,16,18H,1-3H3. The van der Waals surface area contributed by atoms with E-state index in [0.717, 1.165) is 5.56 Å². The summed E-state index contributed by atoms with van der Waals surface area (Å²) in [6.45, 7) is 0. The van der Waals surface area contributed by atoms with E-state index in [9.17, 15) is 4.79 Å². The Kier molecular flexibility index (Phi) is 5.25. The van der Waals surface area contributed by atoms with Crippen LogP contribution in [-0.2, 0) is 9.53 Å². The molecule has 0 fully saturated rings. The van der Waals surface area contributed by atoms with Crippen LogP contribution in [0.4, 0.5) is 5.69 Å². The average Bonchev–Trinajstić information content (AvgIpc) is 2.59. The van der Waals surface area contributed by atoms with Gasteiger partial charge in [0.15, 0.2) is 6.04 Å². The van der Waals surface area contributed by atoms with E-state index in [1.807, 2.05) is 30.3 Å². The second-order valence-electron chi connectivity index (χ2n) is 4.61. The lowest BCUT2D eigenvalue weighted by atomic mass is 10.1. The molecule has 0 spiro atoms. The molecule has 0 aliphatic rings. The predicted octanol–water partition coefficient (Wildman–Crippen LogP) is 3.03. The average molecular weight is 301 g/mol. The van der Waals surface area contributed by atoms with Gasteiger partial charge in [-0.25, -0.2) is 4.79 Å². The van der Waals surface area contributed by atoms with Gasteiger partial charge in [-0.3, -0.25) is 0 Å². The van der Waals surface area contributed by atoms with Crippen molar-refractivity contribution in [1.82, 2.24) is 0 Å². The fraction of sp³-hybridized carbons (Fsp3) is 0.235. The highest BCUT2D eigenvalue weighted by Crippen LogP contribution is 2.29. The van der Waals surface area contributed by atoms with Gasteiger partial charge in [0.2, 0.25) is 0 Å². The first-order valence-electron chi connectivity index (χ1n) is 6.80. The van der Waals surface area contributed by atoms with Gasteiger partial charge in [-0.05, 0) is 5.56 Å². The molecule has 0 heterocycles. The summed E-state index contributed by atoms with van der Waals surface area (Å²) in [5.41, 5.74) is 1.52. The van der Waals surface area contributed by atoms with Gasteiger partial charge in [-0.2, -0.15) is 0 Å². The van der Waals surface area contributed by atoms with Crippen LogP contribution in [0.5, 0.6) is 11.5 Å². The van der Waals surface area contributed by atoms with E-state index < -0.39 is 6.04 Å². The number of benzene rings is 2. The highest BCUT2D eigenvalue weighted by molar-refractivity contribution is 5.81. The molecular formula is C17H19NO4. The van der Waals surface area contributed by atoms with Crippen molar-refractivity contribution < 1.29 is 19.0 Å². The zero-order valence-corrected chi connectivity index (χ0v) is 12.8. The topological polar surface area (TPSA) is 56.8 Å². The van der Waals surface area contributed by atoms with Crippen molar-refractivity contribution in [3.05, 3.63) is 54.1 Å². The van der Waals surface area contributed by atoms with Crippen molar-refractivity contribution >= 4 is 11.7 Å². The number of rotatable bonds is 6. The third kappa shape index (κ3) is 3.69. The molecule has 2 rings (SSSR count). The summed E-state index contributed by atoms with van der Waals surface area (Å²) < 4.78 is 15.4. The number of ether oxygens (including phenoxy) is 3. The number of nitrogens with one attached hydrogen (secondary N) is 1. The first-order valence-corrected chi connectivity index (χ1v) is 6.80. The van der Waals surface area contributed by atoms with Crippen LogP contribution >= 0.6 is 0 Å². The maximum Gasteiger partial charge on any atom is 0.332 e. The minimum absolute atomic E-state index is 0.368. The third-order valence-electron chi connectivity index (χ3n) is 3.23. The molecule has 2 aromatic rings. The highest BCUT2D eigenvalue weighted by Gasteiger charge is 2.21. The largest absolute Gasteiger partial charge is 0.497 e. The van der Waals surface area contributed by atoms with E-state index in [0.29, 0.717) is 17.2 Å². The molecule has 2 aromatic carbocycles. The molecule has 0 radical (unpaired) electrons. The quantitative estimate of drug-likeness (QED) is 0.831. The molecule has 0 saturated carbocycles. The SMILES string of the molecule is COC(=O)C(Nc1cc(OC)cc(OC)c1)c1ccccc1. The molecule has 5 nitrogen and oxygen atoms in total. The molecular weight excluding hydrogens is 282 g/mol. The summed E-state index contributed by atoms with van der Waals surface area (Å²) in [4.78, 5) is 12.1. The molecule has 0 amide bonds. The number of esters is 1. The zero-order chi connectivity index (χ0) is 15.9. The van der Waals surface area contributed by atoms with Crippen LogP contribution in [0.1, 0.15) is 11.6 Å². The van der Waals surface area contributed by atoms with E-state index in [1.54, 1.807) is 32.4 Å². The summed E-state index contributed by atoms with van der Waals surface area (Å²) in [5, 5.41) is 3.16. The first-order chi connectivity index (χ1) is 10.7. The minimum Gasteiger partial charge on any atom is -0.497 e. The number of hydrogen-bond donors (Lipinski definition) is 1. The van der Waals surface area contributed by atoms with Crippen LogP contribution in [-0.4, -0.2) is 27.3 Å². The Labute approximate surface area is 129 Å². The van der Waals surface area contributed by atoms with Crippen LogP contribution in [0, 0.1) is 0 Å². The second-order valence-corrected chi connectivity index (χ2v) is 4.61. The van der Waals surface area contributed by atoms with Gasteiger partial charge >= 0.3 is 5.97 Å². The number of anilines is 1. The number of methoxy groups -OCH3 is 3. The summed E-state index contributed by atoms with van der Waals surface area (Å²) in [7, 11) is 4.52. The molecule has 116 valence electrons. The van der Waals surface area contributed by atoms with E-state index in [1.165, 1.54) is 7.11 Å². The summed E-state index contributed by atoms with van der Waals surface area (Å²) in [6.07, 6.45) is 0. The van der Waals surface area contributed by atoms with Crippen LogP contribution < -0.4 is 14.8 Å². The lowest BCUT2D eigenvalue weighted by Crippen LogP contribution is -2.22. The second kappa shape index (κ2) is 7.36. The van der Waals surface area contributed by atoms with Crippen molar-refractivity contribution in [2.24, 2.45) is 0 Å². The fourth-order valence-electron chi connectivity index (χ4n) is 2.10. The van der Waals surface area contributed by atoms with E-state index in [-0.39, 0.29) is 5.97 Å². The first kappa shape index (κ1) is 15.7. The van der Waals surface area contributed by atoms with E-state index in [4.69, 9.17) is 14.2 Å².